The summed E-state index contributed by atoms with van der Waals surface area (Å²) in [6.45, 7) is 5.03. The Kier molecular flexibility index (Phi) is 6.83. The summed E-state index contributed by atoms with van der Waals surface area (Å²) in [5.41, 5.74) is 0.708. The number of hydrogen-bond donors (Lipinski definition) is 1. The molecule has 0 aliphatic carbocycles. The molecule has 2 rings (SSSR count). The fourth-order valence-electron chi connectivity index (χ4n) is 2.34. The third-order valence-electron chi connectivity index (χ3n) is 3.81. The van der Waals surface area contributed by atoms with Gasteiger partial charge in [0.2, 0.25) is 0 Å². The summed E-state index contributed by atoms with van der Waals surface area (Å²) in [4.78, 5) is 46.5. The van der Waals surface area contributed by atoms with Gasteiger partial charge in [-0.3, -0.25) is 19.7 Å². The van der Waals surface area contributed by atoms with Crippen LogP contribution >= 0.6 is 11.3 Å². The summed E-state index contributed by atoms with van der Waals surface area (Å²) in [6, 6.07) is 3.48. The number of aldehydes is 1. The predicted molar refractivity (Wildman–Crippen MR) is 102 cm³/mol. The largest absolute Gasteiger partial charge is 0.483 e. The van der Waals surface area contributed by atoms with Crippen molar-refractivity contribution in [2.45, 2.75) is 20.8 Å². The van der Waals surface area contributed by atoms with Crippen LogP contribution in [-0.2, 0) is 9.53 Å². The van der Waals surface area contributed by atoms with E-state index in [1.807, 2.05) is 6.92 Å². The quantitative estimate of drug-likeness (QED) is 0.309. The molecule has 0 unspecified atom stereocenters. The Balaban J connectivity index is 2.12. The van der Waals surface area contributed by atoms with Crippen LogP contribution in [0.25, 0.3) is 0 Å². The van der Waals surface area contributed by atoms with Gasteiger partial charge in [0, 0.05) is 17.0 Å². The summed E-state index contributed by atoms with van der Waals surface area (Å²) in [5.74, 6) is -1.04. The van der Waals surface area contributed by atoms with Gasteiger partial charge in [-0.15, -0.1) is 11.3 Å². The van der Waals surface area contributed by atoms with Crippen molar-refractivity contribution in [2.24, 2.45) is 0 Å². The number of ether oxygens (including phenoxy) is 2. The van der Waals surface area contributed by atoms with E-state index in [2.05, 4.69) is 5.32 Å². The van der Waals surface area contributed by atoms with Gasteiger partial charge in [0.25, 0.3) is 11.6 Å². The average molecular weight is 406 g/mol. The molecule has 0 saturated carbocycles. The molecular weight excluding hydrogens is 388 g/mol. The number of hydrogen-bond acceptors (Lipinski definition) is 8. The number of thiophene rings is 1. The molecule has 0 saturated heterocycles. The lowest BCUT2D eigenvalue weighted by atomic mass is 10.1. The van der Waals surface area contributed by atoms with Crippen molar-refractivity contribution in [1.82, 2.24) is 0 Å². The zero-order valence-corrected chi connectivity index (χ0v) is 16.3. The highest BCUT2D eigenvalue weighted by Gasteiger charge is 2.22. The minimum absolute atomic E-state index is 0.0416. The molecule has 0 spiro atoms. The minimum atomic E-state index is -0.637. The molecule has 28 heavy (non-hydrogen) atoms. The maximum absolute atomic E-state index is 12.2. The van der Waals surface area contributed by atoms with Gasteiger partial charge >= 0.3 is 5.97 Å². The van der Waals surface area contributed by atoms with Crippen LogP contribution in [0.5, 0.6) is 5.75 Å². The van der Waals surface area contributed by atoms with Gasteiger partial charge < -0.3 is 14.8 Å². The molecule has 0 atom stereocenters. The summed E-state index contributed by atoms with van der Waals surface area (Å²) in [5, 5.41) is 13.7. The number of non-ortho nitro benzene ring substituents is 1. The summed E-state index contributed by atoms with van der Waals surface area (Å²) in [6.07, 6.45) is 0.408. The van der Waals surface area contributed by atoms with Crippen molar-refractivity contribution in [3.8, 4) is 5.75 Å². The van der Waals surface area contributed by atoms with E-state index >= 15 is 0 Å². The maximum Gasteiger partial charge on any atom is 0.341 e. The first-order valence-corrected chi connectivity index (χ1v) is 9.03. The van der Waals surface area contributed by atoms with Crippen LogP contribution in [0, 0.1) is 24.0 Å². The Bertz CT molecular complexity index is 936. The van der Waals surface area contributed by atoms with Crippen molar-refractivity contribution < 1.29 is 28.8 Å². The lowest BCUT2D eigenvalue weighted by Gasteiger charge is -2.09. The van der Waals surface area contributed by atoms with Crippen molar-refractivity contribution in [2.75, 3.05) is 18.5 Å². The molecule has 1 aromatic heterocycles. The number of carbonyl (C=O) groups is 3. The van der Waals surface area contributed by atoms with Gasteiger partial charge in [0.1, 0.15) is 10.8 Å². The second-order valence-electron chi connectivity index (χ2n) is 5.64. The first-order chi connectivity index (χ1) is 13.3. The van der Waals surface area contributed by atoms with Crippen LogP contribution in [-0.4, -0.2) is 36.3 Å². The molecule has 1 amide bonds. The third-order valence-corrected chi connectivity index (χ3v) is 4.93. The van der Waals surface area contributed by atoms with Crippen LogP contribution in [0.2, 0.25) is 0 Å². The number of amides is 1. The molecule has 9 nitrogen and oxygen atoms in total. The highest BCUT2D eigenvalue weighted by Crippen LogP contribution is 2.33. The first kappa shape index (κ1) is 21.0. The van der Waals surface area contributed by atoms with Crippen molar-refractivity contribution in [3.63, 3.8) is 0 Å². The number of aryl methyl sites for hydroxylation is 1. The van der Waals surface area contributed by atoms with Crippen molar-refractivity contribution in [1.29, 1.82) is 0 Å². The SMILES string of the molecule is CCOC(=O)c1c(NC(=O)COc2ccc([N+](=O)[O-])cc2C=O)sc(C)c1C. The van der Waals surface area contributed by atoms with E-state index in [1.165, 1.54) is 23.5 Å². The molecule has 2 aromatic rings. The first-order valence-electron chi connectivity index (χ1n) is 8.21. The molecule has 1 aromatic carbocycles. The number of esters is 1. The van der Waals surface area contributed by atoms with E-state index < -0.39 is 23.4 Å². The van der Waals surface area contributed by atoms with Crippen molar-refractivity contribution in [3.05, 3.63) is 49.9 Å². The van der Waals surface area contributed by atoms with Gasteiger partial charge in [0.15, 0.2) is 12.9 Å². The van der Waals surface area contributed by atoms with E-state index in [0.717, 1.165) is 16.5 Å². The van der Waals surface area contributed by atoms with Crippen LogP contribution in [0.4, 0.5) is 10.7 Å². The minimum Gasteiger partial charge on any atom is -0.483 e. The zero-order chi connectivity index (χ0) is 20.8. The molecule has 148 valence electrons. The molecule has 0 aliphatic rings. The van der Waals surface area contributed by atoms with E-state index in [-0.39, 0.29) is 23.6 Å². The maximum atomic E-state index is 12.2. The van der Waals surface area contributed by atoms with Gasteiger partial charge in [0.05, 0.1) is 22.7 Å². The number of nitrogens with zero attached hydrogens (tertiary/aromatic N) is 1. The molecule has 0 bridgehead atoms. The number of rotatable bonds is 8. The Morgan fingerprint density at radius 2 is 2.04 bits per heavy atom. The molecule has 0 fully saturated rings. The number of nitrogens with one attached hydrogen (secondary N) is 1. The number of nitro benzene ring substituents is 1. The van der Waals surface area contributed by atoms with Crippen LogP contribution in [0.3, 0.4) is 0 Å². The smallest absolute Gasteiger partial charge is 0.341 e. The molecule has 0 radical (unpaired) electrons. The molecule has 1 heterocycles. The fourth-order valence-corrected chi connectivity index (χ4v) is 3.41. The normalized spacial score (nSPS) is 10.2. The second kappa shape index (κ2) is 9.09. The lowest BCUT2D eigenvalue weighted by molar-refractivity contribution is -0.384. The number of anilines is 1. The predicted octanol–water partition coefficient (Wildman–Crippen LogP) is 3.28. The second-order valence-corrected chi connectivity index (χ2v) is 6.87. The van der Waals surface area contributed by atoms with Gasteiger partial charge in [-0.05, 0) is 32.4 Å². The summed E-state index contributed by atoms with van der Waals surface area (Å²) in [7, 11) is 0. The van der Waals surface area contributed by atoms with E-state index in [1.54, 1.807) is 13.8 Å². The number of benzene rings is 1. The lowest BCUT2D eigenvalue weighted by Crippen LogP contribution is -2.21. The highest BCUT2D eigenvalue weighted by molar-refractivity contribution is 7.16. The van der Waals surface area contributed by atoms with Crippen molar-refractivity contribution >= 4 is 40.2 Å². The molecule has 1 N–H and O–H groups in total. The number of nitro groups is 1. The molecular formula is C18H18N2O7S. The highest BCUT2D eigenvalue weighted by atomic mass is 32.1. The van der Waals surface area contributed by atoms with E-state index in [4.69, 9.17) is 9.47 Å². The summed E-state index contributed by atoms with van der Waals surface area (Å²) >= 11 is 1.24. The van der Waals surface area contributed by atoms with Gasteiger partial charge in [-0.25, -0.2) is 4.79 Å². The fraction of sp³-hybridized carbons (Fsp3) is 0.278. The Hall–Kier alpha value is -3.27. The van der Waals surface area contributed by atoms with Gasteiger partial charge in [-0.1, -0.05) is 0 Å². The Morgan fingerprint density at radius 1 is 1.32 bits per heavy atom. The molecule has 10 heteroatoms. The molecule has 0 aliphatic heterocycles. The summed E-state index contributed by atoms with van der Waals surface area (Å²) < 4.78 is 10.3. The van der Waals surface area contributed by atoms with Crippen LogP contribution in [0.15, 0.2) is 18.2 Å². The standard InChI is InChI=1S/C18H18N2O7S/c1-4-26-18(23)16-10(2)11(3)28-17(16)19-15(22)9-27-14-6-5-13(20(24)25)7-12(14)8-21/h5-8H,4,9H2,1-3H3,(H,19,22). The Labute approximate surface area is 164 Å². The van der Waals surface area contributed by atoms with E-state index in [9.17, 15) is 24.5 Å². The Morgan fingerprint density at radius 3 is 2.64 bits per heavy atom. The van der Waals surface area contributed by atoms with Crippen LogP contribution in [0.1, 0.15) is 38.1 Å². The average Bonchev–Trinajstić information content (AvgIpc) is 2.93. The number of carbonyl (C=O) groups excluding carboxylic acids is 3. The monoisotopic (exact) mass is 406 g/mol. The topological polar surface area (TPSA) is 125 Å². The van der Waals surface area contributed by atoms with E-state index in [0.29, 0.717) is 16.9 Å². The third kappa shape index (κ3) is 4.71. The van der Waals surface area contributed by atoms with Gasteiger partial charge in [-0.2, -0.15) is 0 Å². The zero-order valence-electron chi connectivity index (χ0n) is 15.4. The van der Waals surface area contributed by atoms with Crippen LogP contribution < -0.4 is 10.1 Å².